The van der Waals surface area contributed by atoms with Gasteiger partial charge in [0.25, 0.3) is 0 Å². The molecule has 0 fully saturated rings. The number of terminal acetylenes is 1. The van der Waals surface area contributed by atoms with Crippen LogP contribution in [-0.4, -0.2) is 15.6 Å². The van der Waals surface area contributed by atoms with Crippen molar-refractivity contribution >= 4 is 9.04 Å². The molecule has 8 heavy (non-hydrogen) atoms. The summed E-state index contributed by atoms with van der Waals surface area (Å²) < 4.78 is 5.24. The van der Waals surface area contributed by atoms with Gasteiger partial charge < -0.3 is 4.43 Å². The van der Waals surface area contributed by atoms with Crippen molar-refractivity contribution in [2.24, 2.45) is 0 Å². The first-order chi connectivity index (χ1) is 3.77. The Labute approximate surface area is 52.8 Å². The van der Waals surface area contributed by atoms with Gasteiger partial charge in [-0.15, -0.1) is 12.3 Å². The Morgan fingerprint density at radius 3 is 2.62 bits per heavy atom. The van der Waals surface area contributed by atoms with E-state index >= 15 is 0 Å². The standard InChI is InChI=1S/C6H11OSi/c1-4-5-6-7-8(2)3/h1H,5-6H2,2-3H3. The lowest BCUT2D eigenvalue weighted by molar-refractivity contribution is 0.336. The predicted octanol–water partition coefficient (Wildman–Crippen LogP) is 1.28. The van der Waals surface area contributed by atoms with Gasteiger partial charge in [0, 0.05) is 13.0 Å². The molecule has 0 aromatic rings. The first-order valence-corrected chi connectivity index (χ1v) is 5.04. The molecule has 1 nitrogen and oxygen atoms in total. The molecule has 0 atom stereocenters. The fourth-order valence-electron chi connectivity index (χ4n) is 0.314. The van der Waals surface area contributed by atoms with Gasteiger partial charge in [0.05, 0.1) is 0 Å². The SMILES string of the molecule is C#CCCO[Si](C)C. The third-order valence-electron chi connectivity index (χ3n) is 0.637. The van der Waals surface area contributed by atoms with Crippen molar-refractivity contribution in [2.75, 3.05) is 6.61 Å². The van der Waals surface area contributed by atoms with Crippen LogP contribution in [0.1, 0.15) is 6.42 Å². The van der Waals surface area contributed by atoms with Gasteiger partial charge in [-0.3, -0.25) is 0 Å². The molecule has 0 bridgehead atoms. The molecule has 0 amide bonds. The summed E-state index contributed by atoms with van der Waals surface area (Å²) in [6.07, 6.45) is 5.74. The van der Waals surface area contributed by atoms with Crippen molar-refractivity contribution in [1.29, 1.82) is 0 Å². The molecule has 0 saturated heterocycles. The molecule has 0 aliphatic rings. The number of rotatable bonds is 3. The van der Waals surface area contributed by atoms with Crippen LogP contribution in [0, 0.1) is 12.3 Å². The van der Waals surface area contributed by atoms with E-state index in [1.54, 1.807) is 0 Å². The highest BCUT2D eigenvalue weighted by Gasteiger charge is 1.92. The molecule has 0 saturated carbocycles. The van der Waals surface area contributed by atoms with Crippen LogP contribution in [0.3, 0.4) is 0 Å². The summed E-state index contributed by atoms with van der Waals surface area (Å²) in [6, 6.07) is 0. The topological polar surface area (TPSA) is 9.23 Å². The molecule has 0 heterocycles. The van der Waals surface area contributed by atoms with Gasteiger partial charge in [-0.05, 0) is 13.1 Å². The van der Waals surface area contributed by atoms with Gasteiger partial charge in [-0.2, -0.15) is 0 Å². The molecule has 0 aliphatic carbocycles. The maximum Gasteiger partial charge on any atom is 0.204 e. The van der Waals surface area contributed by atoms with Crippen LogP contribution in [0.2, 0.25) is 13.1 Å². The molecule has 0 aromatic carbocycles. The molecule has 0 spiro atoms. The van der Waals surface area contributed by atoms with Crippen LogP contribution < -0.4 is 0 Å². The van der Waals surface area contributed by atoms with E-state index < -0.39 is 9.04 Å². The van der Waals surface area contributed by atoms with Gasteiger partial charge in [0.2, 0.25) is 9.04 Å². The van der Waals surface area contributed by atoms with Gasteiger partial charge in [-0.1, -0.05) is 0 Å². The van der Waals surface area contributed by atoms with E-state index in [0.717, 1.165) is 13.0 Å². The number of hydrogen-bond acceptors (Lipinski definition) is 1. The zero-order chi connectivity index (χ0) is 6.41. The average Bonchev–Trinajstić information content (AvgIpc) is 1.66. The highest BCUT2D eigenvalue weighted by atomic mass is 28.3. The molecule has 0 N–H and O–H groups in total. The van der Waals surface area contributed by atoms with Crippen LogP contribution in [0.5, 0.6) is 0 Å². The summed E-state index contributed by atoms with van der Waals surface area (Å²) in [5, 5.41) is 0. The highest BCUT2D eigenvalue weighted by Crippen LogP contribution is 1.84. The largest absolute Gasteiger partial charge is 0.416 e. The van der Waals surface area contributed by atoms with E-state index in [2.05, 4.69) is 19.0 Å². The van der Waals surface area contributed by atoms with Crippen LogP contribution >= 0.6 is 0 Å². The van der Waals surface area contributed by atoms with Gasteiger partial charge in [0.15, 0.2) is 0 Å². The molecule has 1 radical (unpaired) electrons. The van der Waals surface area contributed by atoms with Crippen molar-refractivity contribution in [3.8, 4) is 12.3 Å². The lowest BCUT2D eigenvalue weighted by Gasteiger charge is -2.00. The van der Waals surface area contributed by atoms with Crippen molar-refractivity contribution in [2.45, 2.75) is 19.5 Å². The summed E-state index contributed by atoms with van der Waals surface area (Å²) >= 11 is 0. The molecule has 2 heteroatoms. The zero-order valence-corrected chi connectivity index (χ0v) is 6.40. The van der Waals surface area contributed by atoms with E-state index in [4.69, 9.17) is 10.8 Å². The van der Waals surface area contributed by atoms with Gasteiger partial charge >= 0.3 is 0 Å². The summed E-state index contributed by atoms with van der Waals surface area (Å²) in [7, 11) is -0.503. The van der Waals surface area contributed by atoms with Gasteiger partial charge in [-0.25, -0.2) is 0 Å². The molecule has 0 aromatic heterocycles. The second kappa shape index (κ2) is 4.89. The molecule has 0 unspecified atom stereocenters. The lowest BCUT2D eigenvalue weighted by atomic mass is 10.5. The summed E-state index contributed by atoms with van der Waals surface area (Å²) in [5.74, 6) is 2.51. The zero-order valence-electron chi connectivity index (χ0n) is 5.40. The first kappa shape index (κ1) is 7.74. The first-order valence-electron chi connectivity index (χ1n) is 2.64. The second-order valence-electron chi connectivity index (χ2n) is 1.71. The maximum absolute atomic E-state index is 5.24. The highest BCUT2D eigenvalue weighted by molar-refractivity contribution is 6.48. The van der Waals surface area contributed by atoms with Crippen molar-refractivity contribution in [3.05, 3.63) is 0 Å². The van der Waals surface area contributed by atoms with Crippen LogP contribution in [-0.2, 0) is 4.43 Å². The van der Waals surface area contributed by atoms with E-state index in [1.807, 2.05) is 0 Å². The molecular weight excluding hydrogens is 116 g/mol. The Hall–Kier alpha value is -0.263. The fourth-order valence-corrected chi connectivity index (χ4v) is 0.824. The van der Waals surface area contributed by atoms with E-state index in [0.29, 0.717) is 0 Å². The Morgan fingerprint density at radius 2 is 2.25 bits per heavy atom. The van der Waals surface area contributed by atoms with Gasteiger partial charge in [0.1, 0.15) is 0 Å². The third kappa shape index (κ3) is 5.74. The molecule has 45 valence electrons. The van der Waals surface area contributed by atoms with Crippen molar-refractivity contribution in [1.82, 2.24) is 0 Å². The quantitative estimate of drug-likeness (QED) is 0.315. The Morgan fingerprint density at radius 1 is 1.62 bits per heavy atom. The minimum absolute atomic E-state index is 0.503. The summed E-state index contributed by atoms with van der Waals surface area (Å²) in [4.78, 5) is 0. The third-order valence-corrected chi connectivity index (χ3v) is 1.42. The monoisotopic (exact) mass is 127 g/mol. The normalized spacial score (nSPS) is 9.25. The van der Waals surface area contributed by atoms with Crippen molar-refractivity contribution < 1.29 is 4.43 Å². The minimum Gasteiger partial charge on any atom is -0.416 e. The van der Waals surface area contributed by atoms with E-state index in [-0.39, 0.29) is 0 Å². The fraction of sp³-hybridized carbons (Fsp3) is 0.667. The van der Waals surface area contributed by atoms with Crippen LogP contribution in [0.4, 0.5) is 0 Å². The van der Waals surface area contributed by atoms with Crippen molar-refractivity contribution in [3.63, 3.8) is 0 Å². The van der Waals surface area contributed by atoms with E-state index in [9.17, 15) is 0 Å². The average molecular weight is 127 g/mol. The number of hydrogen-bond donors (Lipinski definition) is 0. The molecular formula is C6H11OSi. The molecule has 0 rings (SSSR count). The Balaban J connectivity index is 2.85. The Bertz CT molecular complexity index is 83.0. The Kier molecular flexibility index (Phi) is 4.72. The predicted molar refractivity (Wildman–Crippen MR) is 36.9 cm³/mol. The molecule has 0 aliphatic heterocycles. The van der Waals surface area contributed by atoms with E-state index in [1.165, 1.54) is 0 Å². The smallest absolute Gasteiger partial charge is 0.204 e. The minimum atomic E-state index is -0.503. The summed E-state index contributed by atoms with van der Waals surface area (Å²) in [5.41, 5.74) is 0. The van der Waals surface area contributed by atoms with Crippen LogP contribution in [0.15, 0.2) is 0 Å². The summed E-state index contributed by atoms with van der Waals surface area (Å²) in [6.45, 7) is 4.93. The lowest BCUT2D eigenvalue weighted by Crippen LogP contribution is -2.07. The maximum atomic E-state index is 5.24. The second-order valence-corrected chi connectivity index (χ2v) is 3.82. The van der Waals surface area contributed by atoms with Crippen LogP contribution in [0.25, 0.3) is 0 Å².